The van der Waals surface area contributed by atoms with E-state index in [0.717, 1.165) is 11.3 Å². The summed E-state index contributed by atoms with van der Waals surface area (Å²) >= 11 is 0. The molecule has 3 aromatic rings. The molecule has 2 heterocycles. The lowest BCUT2D eigenvalue weighted by molar-refractivity contribution is 0.0910. The molecule has 7 nitrogen and oxygen atoms in total. The van der Waals surface area contributed by atoms with E-state index in [1.807, 2.05) is 37.4 Å². The van der Waals surface area contributed by atoms with E-state index in [2.05, 4.69) is 15.5 Å². The van der Waals surface area contributed by atoms with Gasteiger partial charge in [0, 0.05) is 33.3 Å². The Morgan fingerprint density at radius 2 is 1.92 bits per heavy atom. The van der Waals surface area contributed by atoms with Crippen LogP contribution in [-0.2, 0) is 20.5 Å². The lowest BCUT2D eigenvalue weighted by Crippen LogP contribution is -2.29. The molecule has 3 rings (SSSR count). The van der Waals surface area contributed by atoms with Crippen LogP contribution in [-0.4, -0.2) is 37.1 Å². The van der Waals surface area contributed by atoms with E-state index < -0.39 is 6.10 Å². The summed E-state index contributed by atoms with van der Waals surface area (Å²) in [5.74, 6) is -0.250. The fourth-order valence-electron chi connectivity index (χ4n) is 2.75. The fraction of sp³-hybridized carbons (Fsp3) is 0.278. The zero-order chi connectivity index (χ0) is 17.8. The van der Waals surface area contributed by atoms with Gasteiger partial charge in [-0.2, -0.15) is 10.2 Å². The highest BCUT2D eigenvalue weighted by Crippen LogP contribution is 2.15. The smallest absolute Gasteiger partial charge is 0.254 e. The summed E-state index contributed by atoms with van der Waals surface area (Å²) in [5, 5.41) is 21.2. The van der Waals surface area contributed by atoms with E-state index in [-0.39, 0.29) is 12.5 Å². The fourth-order valence-corrected chi connectivity index (χ4v) is 2.75. The van der Waals surface area contributed by atoms with Crippen molar-refractivity contribution in [3.63, 3.8) is 0 Å². The molecule has 0 aliphatic heterocycles. The van der Waals surface area contributed by atoms with Gasteiger partial charge in [0.05, 0.1) is 23.1 Å². The molecule has 0 aliphatic rings. The minimum atomic E-state index is -0.814. The van der Waals surface area contributed by atoms with Crippen LogP contribution >= 0.6 is 0 Å². The van der Waals surface area contributed by atoms with Crippen molar-refractivity contribution in [1.82, 2.24) is 24.9 Å². The van der Waals surface area contributed by atoms with Crippen LogP contribution in [0.5, 0.6) is 0 Å². The number of aliphatic hydroxyl groups is 1. The predicted molar refractivity (Wildman–Crippen MR) is 93.0 cm³/mol. The van der Waals surface area contributed by atoms with E-state index in [1.54, 1.807) is 34.9 Å². The number of aryl methyl sites for hydroxylation is 2. The summed E-state index contributed by atoms with van der Waals surface area (Å²) in [4.78, 5) is 12.5. The van der Waals surface area contributed by atoms with Crippen LogP contribution in [0.1, 0.15) is 33.4 Å². The van der Waals surface area contributed by atoms with Gasteiger partial charge in [0.15, 0.2) is 0 Å². The van der Waals surface area contributed by atoms with Gasteiger partial charge in [-0.1, -0.05) is 30.3 Å². The summed E-state index contributed by atoms with van der Waals surface area (Å²) < 4.78 is 3.29. The second-order valence-corrected chi connectivity index (χ2v) is 5.90. The molecular weight excluding hydrogens is 318 g/mol. The van der Waals surface area contributed by atoms with Crippen molar-refractivity contribution in [3.8, 4) is 0 Å². The van der Waals surface area contributed by atoms with Crippen molar-refractivity contribution in [1.29, 1.82) is 0 Å². The van der Waals surface area contributed by atoms with E-state index in [4.69, 9.17) is 0 Å². The standard InChI is InChI=1S/C18H21N5O2/c1-22-15(8-9-20-22)17(24)12-19-18(25)14-11-21-23(2)16(14)10-13-6-4-3-5-7-13/h3-9,11,17,24H,10,12H2,1-2H3,(H,19,25). The molecule has 0 spiro atoms. The average molecular weight is 339 g/mol. The number of hydrogen-bond acceptors (Lipinski definition) is 4. The molecule has 1 aromatic carbocycles. The topological polar surface area (TPSA) is 85.0 Å². The highest BCUT2D eigenvalue weighted by atomic mass is 16.3. The highest BCUT2D eigenvalue weighted by molar-refractivity contribution is 5.95. The number of amides is 1. The molecule has 1 amide bonds. The summed E-state index contributed by atoms with van der Waals surface area (Å²) in [6.45, 7) is 0.109. The SMILES string of the molecule is Cn1nccc1C(O)CNC(=O)c1cnn(C)c1Cc1ccccc1. The number of aliphatic hydroxyl groups excluding tert-OH is 1. The second kappa shape index (κ2) is 7.31. The Bertz CT molecular complexity index is 853. The van der Waals surface area contributed by atoms with Gasteiger partial charge in [0.25, 0.3) is 5.91 Å². The van der Waals surface area contributed by atoms with Crippen LogP contribution in [0.3, 0.4) is 0 Å². The Balaban J connectivity index is 1.69. The second-order valence-electron chi connectivity index (χ2n) is 5.90. The van der Waals surface area contributed by atoms with Crippen molar-refractivity contribution in [3.05, 3.63) is 71.3 Å². The molecular formula is C18H21N5O2. The molecule has 25 heavy (non-hydrogen) atoms. The van der Waals surface area contributed by atoms with E-state index in [1.165, 1.54) is 0 Å². The average Bonchev–Trinajstić information content (AvgIpc) is 3.20. The maximum absolute atomic E-state index is 12.5. The van der Waals surface area contributed by atoms with E-state index in [9.17, 15) is 9.90 Å². The lowest BCUT2D eigenvalue weighted by Gasteiger charge is -2.12. The number of nitrogens with one attached hydrogen (secondary N) is 1. The van der Waals surface area contributed by atoms with Crippen LogP contribution in [0.2, 0.25) is 0 Å². The van der Waals surface area contributed by atoms with Crippen LogP contribution in [0.15, 0.2) is 48.8 Å². The van der Waals surface area contributed by atoms with E-state index in [0.29, 0.717) is 17.7 Å². The maximum Gasteiger partial charge on any atom is 0.254 e. The first-order valence-electron chi connectivity index (χ1n) is 8.05. The number of rotatable bonds is 6. The van der Waals surface area contributed by atoms with Gasteiger partial charge >= 0.3 is 0 Å². The Kier molecular flexibility index (Phi) is 4.95. The quantitative estimate of drug-likeness (QED) is 0.707. The van der Waals surface area contributed by atoms with Crippen molar-refractivity contribution < 1.29 is 9.90 Å². The first-order chi connectivity index (χ1) is 12.1. The molecule has 130 valence electrons. The third-order valence-electron chi connectivity index (χ3n) is 4.18. The number of carbonyl (C=O) groups is 1. The highest BCUT2D eigenvalue weighted by Gasteiger charge is 2.18. The maximum atomic E-state index is 12.5. The Labute approximate surface area is 145 Å². The third kappa shape index (κ3) is 3.77. The summed E-state index contributed by atoms with van der Waals surface area (Å²) in [7, 11) is 3.57. The Morgan fingerprint density at radius 1 is 1.16 bits per heavy atom. The zero-order valence-corrected chi connectivity index (χ0v) is 14.3. The molecule has 0 saturated heterocycles. The minimum Gasteiger partial charge on any atom is -0.385 e. The van der Waals surface area contributed by atoms with Gasteiger partial charge in [-0.15, -0.1) is 0 Å². The first-order valence-corrected chi connectivity index (χ1v) is 8.05. The number of nitrogens with zero attached hydrogens (tertiary/aromatic N) is 4. The molecule has 0 fully saturated rings. The van der Waals surface area contributed by atoms with E-state index >= 15 is 0 Å². The first kappa shape index (κ1) is 16.9. The number of hydrogen-bond donors (Lipinski definition) is 2. The minimum absolute atomic E-state index is 0.109. The van der Waals surface area contributed by atoms with Crippen LogP contribution in [0.4, 0.5) is 0 Å². The largest absolute Gasteiger partial charge is 0.385 e. The molecule has 0 saturated carbocycles. The van der Waals surface area contributed by atoms with Crippen molar-refractivity contribution in [2.24, 2.45) is 14.1 Å². The van der Waals surface area contributed by atoms with Gasteiger partial charge < -0.3 is 10.4 Å². The van der Waals surface area contributed by atoms with Gasteiger partial charge in [-0.25, -0.2) is 0 Å². The van der Waals surface area contributed by atoms with Crippen molar-refractivity contribution in [2.75, 3.05) is 6.54 Å². The number of carbonyl (C=O) groups excluding carboxylic acids is 1. The summed E-state index contributed by atoms with van der Waals surface area (Å²) in [6.07, 6.45) is 2.97. The predicted octanol–water partition coefficient (Wildman–Crippen LogP) is 1.21. The lowest BCUT2D eigenvalue weighted by atomic mass is 10.1. The monoisotopic (exact) mass is 339 g/mol. The van der Waals surface area contributed by atoms with Gasteiger partial charge in [0.2, 0.25) is 0 Å². The van der Waals surface area contributed by atoms with Gasteiger partial charge in [-0.05, 0) is 11.6 Å². The number of benzene rings is 1. The molecule has 0 bridgehead atoms. The third-order valence-corrected chi connectivity index (χ3v) is 4.18. The van der Waals surface area contributed by atoms with Crippen LogP contribution < -0.4 is 5.32 Å². The number of aromatic nitrogens is 4. The van der Waals surface area contributed by atoms with Crippen molar-refractivity contribution >= 4 is 5.91 Å². The van der Waals surface area contributed by atoms with Crippen molar-refractivity contribution in [2.45, 2.75) is 12.5 Å². The van der Waals surface area contributed by atoms with Crippen LogP contribution in [0, 0.1) is 0 Å². The summed E-state index contributed by atoms with van der Waals surface area (Å²) in [6, 6.07) is 11.6. The Hall–Kier alpha value is -2.93. The molecule has 2 aromatic heterocycles. The Morgan fingerprint density at radius 3 is 2.60 bits per heavy atom. The molecule has 0 radical (unpaired) electrons. The van der Waals surface area contributed by atoms with Gasteiger partial charge in [-0.3, -0.25) is 14.2 Å². The summed E-state index contributed by atoms with van der Waals surface area (Å²) in [5.41, 5.74) is 3.10. The molecule has 2 N–H and O–H groups in total. The molecule has 0 aliphatic carbocycles. The zero-order valence-electron chi connectivity index (χ0n) is 14.3. The molecule has 1 atom stereocenters. The molecule has 7 heteroatoms. The van der Waals surface area contributed by atoms with Gasteiger partial charge in [0.1, 0.15) is 6.10 Å². The molecule has 1 unspecified atom stereocenters. The van der Waals surface area contributed by atoms with Crippen LogP contribution in [0.25, 0.3) is 0 Å². The normalized spacial score (nSPS) is 12.1.